The van der Waals surface area contributed by atoms with Crippen LogP contribution < -0.4 is 0 Å². The number of allylic oxidation sites excluding steroid dienone is 3. The minimum Gasteiger partial charge on any atom is -0.274 e. The highest BCUT2D eigenvalue weighted by molar-refractivity contribution is 5.31. The SMILES string of the molecule is C=CC1=CCN(OCC)C=C1. The summed E-state index contributed by atoms with van der Waals surface area (Å²) in [4.78, 5) is 5.24. The Morgan fingerprint density at radius 2 is 2.64 bits per heavy atom. The maximum atomic E-state index is 5.24. The highest BCUT2D eigenvalue weighted by atomic mass is 16.7. The summed E-state index contributed by atoms with van der Waals surface area (Å²) in [6.45, 7) is 7.17. The second kappa shape index (κ2) is 3.98. The molecule has 11 heavy (non-hydrogen) atoms. The van der Waals surface area contributed by atoms with E-state index in [1.807, 2.05) is 25.3 Å². The molecule has 0 amide bonds. The fraction of sp³-hybridized carbons (Fsp3) is 0.333. The molecule has 0 N–H and O–H groups in total. The van der Waals surface area contributed by atoms with E-state index in [0.29, 0.717) is 6.61 Å². The largest absolute Gasteiger partial charge is 0.274 e. The van der Waals surface area contributed by atoms with Crippen LogP contribution >= 0.6 is 0 Å². The van der Waals surface area contributed by atoms with E-state index < -0.39 is 0 Å². The first-order valence-electron chi connectivity index (χ1n) is 3.77. The predicted octanol–water partition coefficient (Wildman–Crippen LogP) is 1.88. The molecule has 0 aromatic rings. The summed E-state index contributed by atoms with van der Waals surface area (Å²) in [5.74, 6) is 0. The van der Waals surface area contributed by atoms with Crippen LogP contribution in [-0.4, -0.2) is 18.2 Å². The quantitative estimate of drug-likeness (QED) is 0.610. The third-order valence-electron chi connectivity index (χ3n) is 1.47. The first-order valence-corrected chi connectivity index (χ1v) is 3.77. The van der Waals surface area contributed by atoms with E-state index in [2.05, 4.69) is 12.7 Å². The summed E-state index contributed by atoms with van der Waals surface area (Å²) in [5.41, 5.74) is 1.15. The lowest BCUT2D eigenvalue weighted by molar-refractivity contribution is -0.107. The molecule has 1 heterocycles. The average molecular weight is 151 g/mol. The van der Waals surface area contributed by atoms with E-state index >= 15 is 0 Å². The normalized spacial score (nSPS) is 16.5. The van der Waals surface area contributed by atoms with Gasteiger partial charge in [0, 0.05) is 6.20 Å². The Bertz CT molecular complexity index is 194. The zero-order valence-electron chi connectivity index (χ0n) is 6.79. The van der Waals surface area contributed by atoms with E-state index in [-0.39, 0.29) is 0 Å². The number of rotatable bonds is 3. The van der Waals surface area contributed by atoms with Crippen molar-refractivity contribution in [1.82, 2.24) is 5.06 Å². The molecule has 2 nitrogen and oxygen atoms in total. The van der Waals surface area contributed by atoms with Gasteiger partial charge < -0.3 is 0 Å². The van der Waals surface area contributed by atoms with Crippen LogP contribution in [0.2, 0.25) is 0 Å². The molecule has 1 aliphatic rings. The molecule has 0 saturated heterocycles. The summed E-state index contributed by atoms with van der Waals surface area (Å²) in [7, 11) is 0. The van der Waals surface area contributed by atoms with Gasteiger partial charge in [0.1, 0.15) is 0 Å². The highest BCUT2D eigenvalue weighted by Crippen LogP contribution is 2.07. The molecule has 0 atom stereocenters. The second-order valence-electron chi connectivity index (χ2n) is 2.24. The molecule has 0 aliphatic carbocycles. The Hall–Kier alpha value is -1.02. The van der Waals surface area contributed by atoms with Crippen LogP contribution in [0.15, 0.2) is 36.6 Å². The van der Waals surface area contributed by atoms with Gasteiger partial charge in [0.05, 0.1) is 13.2 Å². The van der Waals surface area contributed by atoms with Gasteiger partial charge in [0.2, 0.25) is 0 Å². The van der Waals surface area contributed by atoms with E-state index in [1.165, 1.54) is 0 Å². The van der Waals surface area contributed by atoms with Gasteiger partial charge in [-0.3, -0.25) is 9.90 Å². The van der Waals surface area contributed by atoms with Crippen molar-refractivity contribution < 1.29 is 4.84 Å². The van der Waals surface area contributed by atoms with Gasteiger partial charge in [0.15, 0.2) is 0 Å². The summed E-state index contributed by atoms with van der Waals surface area (Å²) < 4.78 is 0. The van der Waals surface area contributed by atoms with Crippen molar-refractivity contribution in [3.63, 3.8) is 0 Å². The monoisotopic (exact) mass is 151 g/mol. The van der Waals surface area contributed by atoms with Gasteiger partial charge in [-0.25, -0.2) is 0 Å². The summed E-state index contributed by atoms with van der Waals surface area (Å²) in [6.07, 6.45) is 7.80. The van der Waals surface area contributed by atoms with Gasteiger partial charge in [-0.2, -0.15) is 0 Å². The van der Waals surface area contributed by atoms with Crippen LogP contribution in [0.3, 0.4) is 0 Å². The molecule has 0 fully saturated rings. The average Bonchev–Trinajstić information content (AvgIpc) is 2.07. The second-order valence-corrected chi connectivity index (χ2v) is 2.24. The number of hydrogen-bond donors (Lipinski definition) is 0. The van der Waals surface area contributed by atoms with Gasteiger partial charge >= 0.3 is 0 Å². The third-order valence-corrected chi connectivity index (χ3v) is 1.47. The fourth-order valence-electron chi connectivity index (χ4n) is 0.906. The lowest BCUT2D eigenvalue weighted by Gasteiger charge is -2.19. The molecule has 2 heteroatoms. The van der Waals surface area contributed by atoms with E-state index in [4.69, 9.17) is 4.84 Å². The molecule has 0 bridgehead atoms. The molecule has 0 aromatic heterocycles. The molecule has 0 unspecified atom stereocenters. The molecule has 0 saturated carbocycles. The first kappa shape index (κ1) is 8.08. The predicted molar refractivity (Wildman–Crippen MR) is 45.8 cm³/mol. The Labute approximate surface area is 67.4 Å². The zero-order valence-corrected chi connectivity index (χ0v) is 6.79. The van der Waals surface area contributed by atoms with E-state index in [0.717, 1.165) is 12.1 Å². The van der Waals surface area contributed by atoms with E-state index in [1.54, 1.807) is 5.06 Å². The number of hydrogen-bond acceptors (Lipinski definition) is 2. The molecular formula is C9H13NO. The lowest BCUT2D eigenvalue weighted by Crippen LogP contribution is -2.19. The highest BCUT2D eigenvalue weighted by Gasteiger charge is 2.00. The van der Waals surface area contributed by atoms with Gasteiger partial charge in [0.25, 0.3) is 0 Å². The lowest BCUT2D eigenvalue weighted by atomic mass is 10.2. The van der Waals surface area contributed by atoms with Gasteiger partial charge in [-0.15, -0.1) is 0 Å². The minimum absolute atomic E-state index is 0.710. The maximum Gasteiger partial charge on any atom is 0.0720 e. The van der Waals surface area contributed by atoms with Crippen molar-refractivity contribution in [3.05, 3.63) is 36.6 Å². The van der Waals surface area contributed by atoms with Crippen molar-refractivity contribution in [2.24, 2.45) is 0 Å². The fourth-order valence-corrected chi connectivity index (χ4v) is 0.906. The Morgan fingerprint density at radius 3 is 3.09 bits per heavy atom. The van der Waals surface area contributed by atoms with Crippen LogP contribution in [0, 0.1) is 0 Å². The Balaban J connectivity index is 2.43. The van der Waals surface area contributed by atoms with Gasteiger partial charge in [-0.05, 0) is 18.6 Å². The van der Waals surface area contributed by atoms with Crippen LogP contribution in [0.4, 0.5) is 0 Å². The first-order chi connectivity index (χ1) is 5.36. The van der Waals surface area contributed by atoms with Crippen molar-refractivity contribution in [3.8, 4) is 0 Å². The van der Waals surface area contributed by atoms with Crippen LogP contribution in [0.1, 0.15) is 6.92 Å². The number of hydroxylamine groups is 2. The molecular weight excluding hydrogens is 138 g/mol. The summed E-state index contributed by atoms with van der Waals surface area (Å²) in [6, 6.07) is 0. The molecule has 0 radical (unpaired) electrons. The Morgan fingerprint density at radius 1 is 1.82 bits per heavy atom. The van der Waals surface area contributed by atoms with Crippen LogP contribution in [-0.2, 0) is 4.84 Å². The molecule has 60 valence electrons. The van der Waals surface area contributed by atoms with Gasteiger partial charge in [-0.1, -0.05) is 18.7 Å². The van der Waals surface area contributed by atoms with Crippen molar-refractivity contribution in [1.29, 1.82) is 0 Å². The van der Waals surface area contributed by atoms with Crippen LogP contribution in [0.25, 0.3) is 0 Å². The molecule has 1 rings (SSSR count). The van der Waals surface area contributed by atoms with Crippen molar-refractivity contribution in [2.75, 3.05) is 13.2 Å². The minimum atomic E-state index is 0.710. The molecule has 0 aromatic carbocycles. The molecule has 1 aliphatic heterocycles. The molecule has 0 spiro atoms. The smallest absolute Gasteiger partial charge is 0.0720 e. The van der Waals surface area contributed by atoms with E-state index in [9.17, 15) is 0 Å². The zero-order chi connectivity index (χ0) is 8.10. The Kier molecular flexibility index (Phi) is 2.93. The summed E-state index contributed by atoms with van der Waals surface area (Å²) >= 11 is 0. The maximum absolute atomic E-state index is 5.24. The van der Waals surface area contributed by atoms with Crippen LogP contribution in [0.5, 0.6) is 0 Å². The standard InChI is InChI=1S/C9H13NO/c1-3-9-5-7-10(8-6-9)11-4-2/h3,5-7H,1,4,8H2,2H3. The van der Waals surface area contributed by atoms with Crippen molar-refractivity contribution >= 4 is 0 Å². The van der Waals surface area contributed by atoms with Crippen molar-refractivity contribution in [2.45, 2.75) is 6.92 Å². The summed E-state index contributed by atoms with van der Waals surface area (Å²) in [5, 5.41) is 1.80. The number of nitrogens with zero attached hydrogens (tertiary/aromatic N) is 1. The topological polar surface area (TPSA) is 12.5 Å². The third kappa shape index (κ3) is 2.24.